The molecule has 96 valence electrons. The van der Waals surface area contributed by atoms with E-state index in [0.717, 1.165) is 26.1 Å². The third-order valence-corrected chi connectivity index (χ3v) is 3.76. The molecule has 0 bridgehead atoms. The molecule has 1 saturated heterocycles. The van der Waals surface area contributed by atoms with Crippen LogP contribution in [0.5, 0.6) is 0 Å². The van der Waals surface area contributed by atoms with Crippen molar-refractivity contribution in [2.45, 2.75) is 25.8 Å². The van der Waals surface area contributed by atoms with E-state index in [1.54, 1.807) is 11.3 Å². The van der Waals surface area contributed by atoms with Crippen molar-refractivity contribution in [1.82, 2.24) is 10.2 Å². The number of amides is 1. The van der Waals surface area contributed by atoms with Gasteiger partial charge in [-0.25, -0.2) is 0 Å². The Hall–Kier alpha value is -0.580. The fourth-order valence-electron chi connectivity index (χ4n) is 2.04. The second-order valence-corrected chi connectivity index (χ2v) is 5.05. The zero-order valence-electron chi connectivity index (χ0n) is 10.0. The molecule has 0 saturated carbocycles. The molecule has 17 heavy (non-hydrogen) atoms. The fourth-order valence-corrected chi connectivity index (χ4v) is 2.74. The SMILES string of the molecule is C[C@@H]1CNCCN1C(=O)CCc1ccsc1.Cl. The summed E-state index contributed by atoms with van der Waals surface area (Å²) in [5, 5.41) is 7.48. The van der Waals surface area contributed by atoms with Gasteiger partial charge in [0.1, 0.15) is 0 Å². The number of carbonyl (C=O) groups is 1. The van der Waals surface area contributed by atoms with Crippen molar-refractivity contribution in [3.05, 3.63) is 22.4 Å². The first kappa shape index (κ1) is 14.5. The molecule has 1 aromatic rings. The lowest BCUT2D eigenvalue weighted by atomic mass is 10.1. The quantitative estimate of drug-likeness (QED) is 0.913. The van der Waals surface area contributed by atoms with E-state index >= 15 is 0 Å². The van der Waals surface area contributed by atoms with Crippen LogP contribution in [0.1, 0.15) is 18.9 Å². The Morgan fingerprint density at radius 3 is 3.12 bits per heavy atom. The third kappa shape index (κ3) is 3.98. The van der Waals surface area contributed by atoms with Crippen LogP contribution in [0.25, 0.3) is 0 Å². The van der Waals surface area contributed by atoms with Crippen LogP contribution in [0.15, 0.2) is 16.8 Å². The fraction of sp³-hybridized carbons (Fsp3) is 0.583. The summed E-state index contributed by atoms with van der Waals surface area (Å²) in [7, 11) is 0. The molecule has 2 rings (SSSR count). The van der Waals surface area contributed by atoms with Gasteiger partial charge in [-0.2, -0.15) is 11.3 Å². The molecule has 1 N–H and O–H groups in total. The van der Waals surface area contributed by atoms with Gasteiger partial charge in [0, 0.05) is 32.1 Å². The maximum atomic E-state index is 12.0. The lowest BCUT2D eigenvalue weighted by Crippen LogP contribution is -2.52. The highest BCUT2D eigenvalue weighted by atomic mass is 35.5. The van der Waals surface area contributed by atoms with E-state index in [9.17, 15) is 4.79 Å². The van der Waals surface area contributed by atoms with Gasteiger partial charge in [-0.1, -0.05) is 0 Å². The number of hydrogen-bond acceptors (Lipinski definition) is 3. The van der Waals surface area contributed by atoms with E-state index in [2.05, 4.69) is 29.1 Å². The van der Waals surface area contributed by atoms with E-state index in [1.165, 1.54) is 5.56 Å². The summed E-state index contributed by atoms with van der Waals surface area (Å²) in [5.74, 6) is 0.292. The van der Waals surface area contributed by atoms with E-state index in [0.29, 0.717) is 18.4 Å². The zero-order chi connectivity index (χ0) is 11.4. The van der Waals surface area contributed by atoms with Crippen LogP contribution in [0, 0.1) is 0 Å². The summed E-state index contributed by atoms with van der Waals surface area (Å²) in [4.78, 5) is 14.0. The van der Waals surface area contributed by atoms with E-state index < -0.39 is 0 Å². The van der Waals surface area contributed by atoms with Gasteiger partial charge in [0.15, 0.2) is 0 Å². The smallest absolute Gasteiger partial charge is 0.223 e. The number of thiophene rings is 1. The first-order valence-corrected chi connectivity index (χ1v) is 6.73. The number of piperazine rings is 1. The van der Waals surface area contributed by atoms with E-state index in [1.807, 2.05) is 4.90 Å². The molecule has 1 aliphatic rings. The normalized spacial score (nSPS) is 19.8. The number of carbonyl (C=O) groups excluding carboxylic acids is 1. The van der Waals surface area contributed by atoms with Gasteiger partial charge < -0.3 is 10.2 Å². The average molecular weight is 275 g/mol. The molecule has 1 fully saturated rings. The van der Waals surface area contributed by atoms with Crippen molar-refractivity contribution in [3.8, 4) is 0 Å². The van der Waals surface area contributed by atoms with Gasteiger partial charge in [-0.3, -0.25) is 4.79 Å². The number of halogens is 1. The summed E-state index contributed by atoms with van der Waals surface area (Å²) < 4.78 is 0. The van der Waals surface area contributed by atoms with Gasteiger partial charge in [0.2, 0.25) is 5.91 Å². The zero-order valence-corrected chi connectivity index (χ0v) is 11.6. The Kier molecular flexibility index (Phi) is 5.95. The number of nitrogens with one attached hydrogen (secondary N) is 1. The van der Waals surface area contributed by atoms with Crippen molar-refractivity contribution >= 4 is 29.7 Å². The molecule has 1 aromatic heterocycles. The number of nitrogens with zero attached hydrogens (tertiary/aromatic N) is 1. The van der Waals surface area contributed by atoms with Gasteiger partial charge in [-0.15, -0.1) is 12.4 Å². The topological polar surface area (TPSA) is 32.3 Å². The molecule has 2 heterocycles. The Balaban J connectivity index is 0.00000144. The maximum absolute atomic E-state index is 12.0. The average Bonchev–Trinajstić information content (AvgIpc) is 2.79. The van der Waals surface area contributed by atoms with E-state index in [-0.39, 0.29) is 12.4 Å². The number of rotatable bonds is 3. The van der Waals surface area contributed by atoms with Crippen LogP contribution in [0.2, 0.25) is 0 Å². The Morgan fingerprint density at radius 1 is 1.65 bits per heavy atom. The predicted octanol–water partition coefficient (Wildman–Crippen LogP) is 1.92. The van der Waals surface area contributed by atoms with Crippen molar-refractivity contribution in [3.63, 3.8) is 0 Å². The molecule has 0 radical (unpaired) electrons. The molecule has 1 amide bonds. The standard InChI is InChI=1S/C12H18N2OS.ClH/c1-10-8-13-5-6-14(10)12(15)3-2-11-4-7-16-9-11;/h4,7,9-10,13H,2-3,5-6,8H2,1H3;1H/t10-;/m1./s1. The second-order valence-electron chi connectivity index (χ2n) is 4.27. The van der Waals surface area contributed by atoms with Crippen molar-refractivity contribution in [1.29, 1.82) is 0 Å². The van der Waals surface area contributed by atoms with Crippen molar-refractivity contribution in [2.24, 2.45) is 0 Å². The highest BCUT2D eigenvalue weighted by Crippen LogP contribution is 2.11. The Labute approximate surface area is 113 Å². The lowest BCUT2D eigenvalue weighted by Gasteiger charge is -2.34. The molecular weight excluding hydrogens is 256 g/mol. The van der Waals surface area contributed by atoms with Crippen LogP contribution in [-0.2, 0) is 11.2 Å². The minimum atomic E-state index is 0. The summed E-state index contributed by atoms with van der Waals surface area (Å²) >= 11 is 1.69. The summed E-state index contributed by atoms with van der Waals surface area (Å²) in [6.07, 6.45) is 1.51. The molecule has 1 aliphatic heterocycles. The minimum absolute atomic E-state index is 0. The predicted molar refractivity (Wildman–Crippen MR) is 73.9 cm³/mol. The first-order valence-electron chi connectivity index (χ1n) is 5.78. The molecule has 3 nitrogen and oxygen atoms in total. The number of aryl methyl sites for hydroxylation is 1. The van der Waals surface area contributed by atoms with Crippen LogP contribution in [0.4, 0.5) is 0 Å². The number of hydrogen-bond donors (Lipinski definition) is 1. The first-order chi connectivity index (χ1) is 7.77. The minimum Gasteiger partial charge on any atom is -0.337 e. The Bertz CT molecular complexity index is 342. The highest BCUT2D eigenvalue weighted by molar-refractivity contribution is 7.07. The largest absolute Gasteiger partial charge is 0.337 e. The maximum Gasteiger partial charge on any atom is 0.223 e. The second kappa shape index (κ2) is 6.99. The summed E-state index contributed by atoms with van der Waals surface area (Å²) in [5.41, 5.74) is 1.28. The van der Waals surface area contributed by atoms with Crippen LogP contribution >= 0.6 is 23.7 Å². The summed E-state index contributed by atoms with van der Waals surface area (Å²) in [6, 6.07) is 2.43. The molecular formula is C12H19ClN2OS. The van der Waals surface area contributed by atoms with Gasteiger partial charge in [0.05, 0.1) is 0 Å². The highest BCUT2D eigenvalue weighted by Gasteiger charge is 2.22. The molecule has 5 heteroatoms. The monoisotopic (exact) mass is 274 g/mol. The molecule has 0 aromatic carbocycles. The Morgan fingerprint density at radius 2 is 2.47 bits per heavy atom. The van der Waals surface area contributed by atoms with Crippen LogP contribution in [0.3, 0.4) is 0 Å². The third-order valence-electron chi connectivity index (χ3n) is 3.03. The lowest BCUT2D eigenvalue weighted by molar-refractivity contribution is -0.133. The van der Waals surface area contributed by atoms with Crippen LogP contribution < -0.4 is 5.32 Å². The van der Waals surface area contributed by atoms with Gasteiger partial charge in [-0.05, 0) is 35.7 Å². The molecule has 0 spiro atoms. The van der Waals surface area contributed by atoms with E-state index in [4.69, 9.17) is 0 Å². The van der Waals surface area contributed by atoms with Crippen molar-refractivity contribution in [2.75, 3.05) is 19.6 Å². The molecule has 0 unspecified atom stereocenters. The molecule has 0 aliphatic carbocycles. The van der Waals surface area contributed by atoms with Gasteiger partial charge in [0.25, 0.3) is 0 Å². The van der Waals surface area contributed by atoms with Crippen molar-refractivity contribution < 1.29 is 4.79 Å². The summed E-state index contributed by atoms with van der Waals surface area (Å²) in [6.45, 7) is 4.80. The molecule has 1 atom stereocenters. The van der Waals surface area contributed by atoms with Gasteiger partial charge >= 0.3 is 0 Å². The van der Waals surface area contributed by atoms with Crippen LogP contribution in [-0.4, -0.2) is 36.5 Å².